The largest absolute Gasteiger partial charge is 0.507 e. The van der Waals surface area contributed by atoms with Crippen molar-refractivity contribution in [3.05, 3.63) is 93.7 Å². The molecule has 1 heterocycles. The molecule has 7 heteroatoms. The van der Waals surface area contributed by atoms with Crippen LogP contribution in [-0.4, -0.2) is 28.0 Å². The van der Waals surface area contributed by atoms with Crippen molar-refractivity contribution >= 4 is 11.8 Å². The number of hydrogen-bond donors (Lipinski definition) is 1. The topological polar surface area (TPSA) is 85.6 Å². The van der Waals surface area contributed by atoms with Crippen LogP contribution in [0.3, 0.4) is 0 Å². The fourth-order valence-corrected chi connectivity index (χ4v) is 2.69. The van der Waals surface area contributed by atoms with Gasteiger partial charge in [0.1, 0.15) is 17.1 Å². The number of carbonyl (C=O) groups is 2. The molecular formula is C21H16FNO5. The zero-order chi connectivity index (χ0) is 20.3. The van der Waals surface area contributed by atoms with E-state index in [2.05, 4.69) is 0 Å². The standard InChI is InChI=1S/C21H16FNO5/c1-2-28-21(27)17-10-13(19(25)16-11-14(22)8-9-18(16)24)12-23(20(17)26)15-6-4-3-5-7-15/h3-12,24H,2H2,1H3. The lowest BCUT2D eigenvalue weighted by Crippen LogP contribution is -2.27. The van der Waals surface area contributed by atoms with E-state index in [0.717, 1.165) is 28.8 Å². The Morgan fingerprint density at radius 3 is 2.46 bits per heavy atom. The number of hydrogen-bond acceptors (Lipinski definition) is 5. The summed E-state index contributed by atoms with van der Waals surface area (Å²) in [6.07, 6.45) is 1.24. The van der Waals surface area contributed by atoms with Crippen LogP contribution in [0.25, 0.3) is 5.69 Å². The minimum atomic E-state index is -0.879. The van der Waals surface area contributed by atoms with Gasteiger partial charge in [0, 0.05) is 17.4 Å². The summed E-state index contributed by atoms with van der Waals surface area (Å²) in [4.78, 5) is 37.8. The van der Waals surface area contributed by atoms with E-state index >= 15 is 0 Å². The fraction of sp³-hybridized carbons (Fsp3) is 0.0952. The number of aromatic hydroxyl groups is 1. The zero-order valence-electron chi connectivity index (χ0n) is 14.9. The molecule has 0 atom stereocenters. The van der Waals surface area contributed by atoms with Crippen molar-refractivity contribution in [2.75, 3.05) is 6.61 Å². The molecule has 142 valence electrons. The highest BCUT2D eigenvalue weighted by Gasteiger charge is 2.21. The molecule has 2 aromatic carbocycles. The molecule has 6 nitrogen and oxygen atoms in total. The molecule has 3 aromatic rings. The average Bonchev–Trinajstić information content (AvgIpc) is 2.70. The summed E-state index contributed by atoms with van der Waals surface area (Å²) >= 11 is 0. The second-order valence-corrected chi connectivity index (χ2v) is 5.86. The average molecular weight is 381 g/mol. The summed E-state index contributed by atoms with van der Waals surface area (Å²) < 4.78 is 19.6. The van der Waals surface area contributed by atoms with E-state index in [9.17, 15) is 23.9 Å². The normalized spacial score (nSPS) is 10.5. The molecule has 0 bridgehead atoms. The van der Waals surface area contributed by atoms with Gasteiger partial charge in [-0.2, -0.15) is 0 Å². The van der Waals surface area contributed by atoms with Crippen LogP contribution in [0.2, 0.25) is 0 Å². The second-order valence-electron chi connectivity index (χ2n) is 5.86. The molecule has 0 fully saturated rings. The van der Waals surface area contributed by atoms with Crippen molar-refractivity contribution < 1.29 is 23.8 Å². The van der Waals surface area contributed by atoms with E-state index in [-0.39, 0.29) is 23.3 Å². The summed E-state index contributed by atoms with van der Waals surface area (Å²) in [7, 11) is 0. The quantitative estimate of drug-likeness (QED) is 0.542. The van der Waals surface area contributed by atoms with Gasteiger partial charge < -0.3 is 9.84 Å². The predicted molar refractivity (Wildman–Crippen MR) is 99.5 cm³/mol. The molecule has 0 radical (unpaired) electrons. The number of pyridine rings is 1. The number of phenols is 1. The lowest BCUT2D eigenvalue weighted by molar-refractivity contribution is 0.0524. The lowest BCUT2D eigenvalue weighted by atomic mass is 10.0. The number of aromatic nitrogens is 1. The molecule has 0 aliphatic carbocycles. The first kappa shape index (κ1) is 19.0. The minimum Gasteiger partial charge on any atom is -0.507 e. The highest BCUT2D eigenvalue weighted by atomic mass is 19.1. The van der Waals surface area contributed by atoms with Gasteiger partial charge in [-0.05, 0) is 43.3 Å². The van der Waals surface area contributed by atoms with Crippen LogP contribution in [0.5, 0.6) is 5.75 Å². The minimum absolute atomic E-state index is 0.0481. The third-order valence-electron chi connectivity index (χ3n) is 4.01. The number of rotatable bonds is 5. The number of halogens is 1. The lowest BCUT2D eigenvalue weighted by Gasteiger charge is -2.12. The fourth-order valence-electron chi connectivity index (χ4n) is 2.69. The summed E-state index contributed by atoms with van der Waals surface area (Å²) in [6.45, 7) is 1.64. The Kier molecular flexibility index (Phi) is 5.35. The smallest absolute Gasteiger partial charge is 0.343 e. The zero-order valence-corrected chi connectivity index (χ0v) is 14.9. The van der Waals surface area contributed by atoms with E-state index in [1.165, 1.54) is 6.20 Å². The molecule has 1 N–H and O–H groups in total. The van der Waals surface area contributed by atoms with Gasteiger partial charge in [0.25, 0.3) is 5.56 Å². The number of ketones is 1. The molecule has 0 saturated carbocycles. The summed E-state index contributed by atoms with van der Waals surface area (Å²) in [6, 6.07) is 12.4. The van der Waals surface area contributed by atoms with Gasteiger partial charge in [-0.3, -0.25) is 14.2 Å². The Labute approximate surface area is 159 Å². The van der Waals surface area contributed by atoms with E-state index in [1.807, 2.05) is 0 Å². The number of ether oxygens (including phenoxy) is 1. The Hall–Kier alpha value is -3.74. The van der Waals surface area contributed by atoms with Crippen molar-refractivity contribution in [3.8, 4) is 11.4 Å². The molecule has 0 aliphatic rings. The Bertz CT molecular complexity index is 1110. The van der Waals surface area contributed by atoms with Gasteiger partial charge >= 0.3 is 5.97 Å². The highest BCUT2D eigenvalue weighted by molar-refractivity contribution is 6.11. The molecule has 28 heavy (non-hydrogen) atoms. The maximum atomic E-state index is 13.5. The third kappa shape index (κ3) is 3.68. The van der Waals surface area contributed by atoms with Crippen molar-refractivity contribution in [3.63, 3.8) is 0 Å². The SMILES string of the molecule is CCOC(=O)c1cc(C(=O)c2cc(F)ccc2O)cn(-c2ccccc2)c1=O. The summed E-state index contributed by atoms with van der Waals surface area (Å²) in [5.74, 6) is -2.74. The van der Waals surface area contributed by atoms with Crippen LogP contribution in [0.1, 0.15) is 33.2 Å². The number of nitrogens with zero attached hydrogens (tertiary/aromatic N) is 1. The van der Waals surface area contributed by atoms with Crippen LogP contribution < -0.4 is 5.56 Å². The molecule has 3 rings (SSSR count). The van der Waals surface area contributed by atoms with Crippen LogP contribution in [0.4, 0.5) is 4.39 Å². The van der Waals surface area contributed by atoms with E-state index in [0.29, 0.717) is 5.69 Å². The predicted octanol–water partition coefficient (Wildman–Crippen LogP) is 3.09. The molecule has 0 unspecified atom stereocenters. The van der Waals surface area contributed by atoms with Gasteiger partial charge in [-0.15, -0.1) is 0 Å². The Balaban J connectivity index is 2.22. The van der Waals surface area contributed by atoms with Crippen molar-refractivity contribution in [1.29, 1.82) is 0 Å². The highest BCUT2D eigenvalue weighted by Crippen LogP contribution is 2.22. The van der Waals surface area contributed by atoms with E-state index in [1.54, 1.807) is 37.3 Å². The van der Waals surface area contributed by atoms with Gasteiger partial charge in [0.05, 0.1) is 12.2 Å². The second kappa shape index (κ2) is 7.87. The molecule has 0 saturated heterocycles. The maximum absolute atomic E-state index is 13.5. The summed E-state index contributed by atoms with van der Waals surface area (Å²) in [5.41, 5.74) is -0.936. The molecular weight excluding hydrogens is 365 g/mol. The molecule has 1 aromatic heterocycles. The number of carbonyl (C=O) groups excluding carboxylic acids is 2. The first-order valence-electron chi connectivity index (χ1n) is 8.45. The number of para-hydroxylation sites is 1. The van der Waals surface area contributed by atoms with Crippen molar-refractivity contribution in [2.45, 2.75) is 6.92 Å². The number of phenolic OH excluding ortho intramolecular Hbond substituents is 1. The number of benzene rings is 2. The Morgan fingerprint density at radius 1 is 1.07 bits per heavy atom. The summed E-state index contributed by atoms with van der Waals surface area (Å²) in [5, 5.41) is 9.92. The Morgan fingerprint density at radius 2 is 1.79 bits per heavy atom. The van der Waals surface area contributed by atoms with Crippen LogP contribution in [-0.2, 0) is 4.74 Å². The van der Waals surface area contributed by atoms with Gasteiger partial charge in [-0.25, -0.2) is 9.18 Å². The van der Waals surface area contributed by atoms with E-state index < -0.39 is 28.9 Å². The van der Waals surface area contributed by atoms with Gasteiger partial charge in [-0.1, -0.05) is 18.2 Å². The number of esters is 1. The van der Waals surface area contributed by atoms with Crippen LogP contribution >= 0.6 is 0 Å². The molecule has 0 aliphatic heterocycles. The van der Waals surface area contributed by atoms with E-state index in [4.69, 9.17) is 4.74 Å². The van der Waals surface area contributed by atoms with Gasteiger partial charge in [0.15, 0.2) is 5.78 Å². The third-order valence-corrected chi connectivity index (χ3v) is 4.01. The maximum Gasteiger partial charge on any atom is 0.343 e. The first-order valence-corrected chi connectivity index (χ1v) is 8.45. The van der Waals surface area contributed by atoms with Crippen molar-refractivity contribution in [1.82, 2.24) is 4.57 Å². The molecule has 0 spiro atoms. The van der Waals surface area contributed by atoms with Crippen molar-refractivity contribution in [2.24, 2.45) is 0 Å². The van der Waals surface area contributed by atoms with Crippen LogP contribution in [0.15, 0.2) is 65.6 Å². The van der Waals surface area contributed by atoms with Crippen LogP contribution in [0, 0.1) is 5.82 Å². The first-order chi connectivity index (χ1) is 13.4. The monoisotopic (exact) mass is 381 g/mol. The molecule has 0 amide bonds. The van der Waals surface area contributed by atoms with Gasteiger partial charge in [0.2, 0.25) is 0 Å².